The van der Waals surface area contributed by atoms with Crippen LogP contribution in [0.15, 0.2) is 42.7 Å². The Morgan fingerprint density at radius 2 is 1.95 bits per heavy atom. The van der Waals surface area contributed by atoms with Gasteiger partial charge in [-0.2, -0.15) is 0 Å². The topological polar surface area (TPSA) is 21.1 Å². The van der Waals surface area contributed by atoms with Gasteiger partial charge in [0.15, 0.2) is 0 Å². The average molecular weight is 281 g/mol. The molecular formula is C18H23N3. The lowest BCUT2D eigenvalue weighted by Crippen LogP contribution is -2.21. The van der Waals surface area contributed by atoms with Gasteiger partial charge in [0.05, 0.1) is 0 Å². The maximum absolute atomic E-state index is 4.56. The van der Waals surface area contributed by atoms with Crippen LogP contribution in [0.2, 0.25) is 0 Å². The number of benzene rings is 1. The van der Waals surface area contributed by atoms with E-state index in [1.807, 2.05) is 6.20 Å². The van der Waals surface area contributed by atoms with E-state index in [-0.39, 0.29) is 0 Å². The second-order valence-corrected chi connectivity index (χ2v) is 6.59. The Hall–Kier alpha value is -1.61. The number of imidazole rings is 1. The lowest BCUT2D eigenvalue weighted by molar-refractivity contribution is 0.308. The molecule has 1 saturated carbocycles. The molecule has 0 spiro atoms. The number of aromatic nitrogens is 2. The second-order valence-electron chi connectivity index (χ2n) is 6.59. The number of rotatable bonds is 5. The van der Waals surface area contributed by atoms with Crippen molar-refractivity contribution >= 4 is 0 Å². The Bertz CT molecular complexity index is 586. The molecule has 0 radical (unpaired) electrons. The molecule has 0 N–H and O–H groups in total. The van der Waals surface area contributed by atoms with Crippen molar-refractivity contribution in [2.45, 2.75) is 38.3 Å². The Kier molecular flexibility index (Phi) is 3.52. The zero-order valence-electron chi connectivity index (χ0n) is 12.5. The van der Waals surface area contributed by atoms with Crippen molar-refractivity contribution in [2.24, 2.45) is 5.92 Å². The first-order chi connectivity index (χ1) is 10.4. The van der Waals surface area contributed by atoms with E-state index in [0.717, 1.165) is 24.9 Å². The number of hydrogen-bond donors (Lipinski definition) is 0. The Labute approximate surface area is 126 Å². The van der Waals surface area contributed by atoms with E-state index in [2.05, 4.69) is 51.0 Å². The minimum Gasteiger partial charge on any atom is -0.334 e. The highest BCUT2D eigenvalue weighted by Gasteiger charge is 2.29. The smallest absolute Gasteiger partial charge is 0.111 e. The summed E-state index contributed by atoms with van der Waals surface area (Å²) in [5.41, 5.74) is 1.43. The van der Waals surface area contributed by atoms with Crippen LogP contribution in [-0.2, 0) is 13.1 Å². The van der Waals surface area contributed by atoms with Crippen molar-refractivity contribution in [3.05, 3.63) is 54.1 Å². The zero-order valence-corrected chi connectivity index (χ0v) is 12.5. The van der Waals surface area contributed by atoms with Crippen molar-refractivity contribution < 1.29 is 0 Å². The fraction of sp³-hybridized carbons (Fsp3) is 0.500. The number of nitrogens with zero attached hydrogens (tertiary/aromatic N) is 3. The molecular weight excluding hydrogens is 258 g/mol. The first kappa shape index (κ1) is 13.1. The van der Waals surface area contributed by atoms with Gasteiger partial charge >= 0.3 is 0 Å². The molecule has 2 aromatic rings. The molecule has 1 aromatic carbocycles. The Morgan fingerprint density at radius 3 is 2.76 bits per heavy atom. The molecule has 0 bridgehead atoms. The fourth-order valence-corrected chi connectivity index (χ4v) is 3.50. The van der Waals surface area contributed by atoms with Crippen LogP contribution >= 0.6 is 0 Å². The van der Waals surface area contributed by atoms with Gasteiger partial charge in [0, 0.05) is 37.9 Å². The van der Waals surface area contributed by atoms with E-state index < -0.39 is 0 Å². The van der Waals surface area contributed by atoms with Gasteiger partial charge in [-0.05, 0) is 37.3 Å². The highest BCUT2D eigenvalue weighted by atomic mass is 15.2. The van der Waals surface area contributed by atoms with Gasteiger partial charge in [0.2, 0.25) is 0 Å². The first-order valence-corrected chi connectivity index (χ1v) is 8.16. The van der Waals surface area contributed by atoms with E-state index in [0.29, 0.717) is 0 Å². The summed E-state index contributed by atoms with van der Waals surface area (Å²) in [6.07, 6.45) is 8.14. The monoisotopic (exact) mass is 281 g/mol. The van der Waals surface area contributed by atoms with Gasteiger partial charge < -0.3 is 4.57 Å². The molecule has 0 unspecified atom stereocenters. The molecule has 4 rings (SSSR count). The average Bonchev–Trinajstić information content (AvgIpc) is 3.09. The van der Waals surface area contributed by atoms with Gasteiger partial charge in [0.1, 0.15) is 5.82 Å². The molecule has 1 saturated heterocycles. The molecule has 21 heavy (non-hydrogen) atoms. The predicted molar refractivity (Wildman–Crippen MR) is 84.0 cm³/mol. The third-order valence-corrected chi connectivity index (χ3v) is 4.76. The molecule has 1 atom stereocenters. The Morgan fingerprint density at radius 1 is 1.10 bits per heavy atom. The molecule has 1 aromatic heterocycles. The SMILES string of the molecule is c1ccc(CN2CC[C@H](Cn3ccnc3C3CC3)C2)cc1. The molecule has 2 fully saturated rings. The van der Waals surface area contributed by atoms with Crippen molar-refractivity contribution in [2.75, 3.05) is 13.1 Å². The van der Waals surface area contributed by atoms with Crippen molar-refractivity contribution in [1.82, 2.24) is 14.5 Å². The highest BCUT2D eigenvalue weighted by Crippen LogP contribution is 2.39. The molecule has 2 heterocycles. The van der Waals surface area contributed by atoms with Crippen molar-refractivity contribution in [3.63, 3.8) is 0 Å². The highest BCUT2D eigenvalue weighted by molar-refractivity contribution is 5.14. The van der Waals surface area contributed by atoms with Gasteiger partial charge in [-0.15, -0.1) is 0 Å². The summed E-state index contributed by atoms with van der Waals surface area (Å²) in [6, 6.07) is 10.8. The predicted octanol–water partition coefficient (Wildman–Crippen LogP) is 3.28. The lowest BCUT2D eigenvalue weighted by Gasteiger charge is -2.17. The van der Waals surface area contributed by atoms with E-state index in [4.69, 9.17) is 0 Å². The van der Waals surface area contributed by atoms with Crippen LogP contribution in [0.3, 0.4) is 0 Å². The summed E-state index contributed by atoms with van der Waals surface area (Å²) in [6.45, 7) is 4.69. The molecule has 2 aliphatic rings. The van der Waals surface area contributed by atoms with Crippen LogP contribution in [0.1, 0.15) is 36.6 Å². The third kappa shape index (κ3) is 3.03. The van der Waals surface area contributed by atoms with Gasteiger partial charge in [-0.1, -0.05) is 30.3 Å². The molecule has 110 valence electrons. The summed E-state index contributed by atoms with van der Waals surface area (Å²) in [5, 5.41) is 0. The fourth-order valence-electron chi connectivity index (χ4n) is 3.50. The van der Waals surface area contributed by atoms with Crippen LogP contribution in [-0.4, -0.2) is 27.5 Å². The largest absolute Gasteiger partial charge is 0.334 e. The lowest BCUT2D eigenvalue weighted by atomic mass is 10.1. The summed E-state index contributed by atoms with van der Waals surface area (Å²) in [7, 11) is 0. The summed E-state index contributed by atoms with van der Waals surface area (Å²) < 4.78 is 2.41. The summed E-state index contributed by atoms with van der Waals surface area (Å²) in [5.74, 6) is 2.86. The first-order valence-electron chi connectivity index (χ1n) is 8.16. The van der Waals surface area contributed by atoms with E-state index >= 15 is 0 Å². The van der Waals surface area contributed by atoms with Crippen LogP contribution < -0.4 is 0 Å². The summed E-state index contributed by atoms with van der Waals surface area (Å²) >= 11 is 0. The molecule has 0 amide bonds. The quantitative estimate of drug-likeness (QED) is 0.838. The van der Waals surface area contributed by atoms with Crippen molar-refractivity contribution in [1.29, 1.82) is 0 Å². The molecule has 3 heteroatoms. The van der Waals surface area contributed by atoms with Crippen LogP contribution in [0, 0.1) is 5.92 Å². The molecule has 1 aliphatic carbocycles. The maximum atomic E-state index is 4.56. The zero-order chi connectivity index (χ0) is 14.1. The van der Waals surface area contributed by atoms with Crippen LogP contribution in [0.25, 0.3) is 0 Å². The minimum atomic E-state index is 0.752. The van der Waals surface area contributed by atoms with Crippen molar-refractivity contribution in [3.8, 4) is 0 Å². The van der Waals surface area contributed by atoms with Crippen LogP contribution in [0.4, 0.5) is 0 Å². The van der Waals surface area contributed by atoms with Gasteiger partial charge in [0.25, 0.3) is 0 Å². The van der Waals surface area contributed by atoms with E-state index in [1.54, 1.807) is 0 Å². The molecule has 1 aliphatic heterocycles. The number of likely N-dealkylation sites (tertiary alicyclic amines) is 1. The third-order valence-electron chi connectivity index (χ3n) is 4.76. The Balaban J connectivity index is 1.35. The summed E-state index contributed by atoms with van der Waals surface area (Å²) in [4.78, 5) is 7.15. The van der Waals surface area contributed by atoms with Crippen LogP contribution in [0.5, 0.6) is 0 Å². The number of hydrogen-bond acceptors (Lipinski definition) is 2. The standard InChI is InChI=1S/C18H23N3/c1-2-4-15(5-3-1)12-20-10-8-16(13-20)14-21-11-9-19-18(21)17-6-7-17/h1-5,9,11,16-17H,6-8,10,12-14H2/t16-/m0/s1. The maximum Gasteiger partial charge on any atom is 0.111 e. The van der Waals surface area contributed by atoms with Gasteiger partial charge in [-0.25, -0.2) is 4.98 Å². The van der Waals surface area contributed by atoms with Gasteiger partial charge in [-0.3, -0.25) is 4.90 Å². The minimum absolute atomic E-state index is 0.752. The normalized spacial score (nSPS) is 22.8. The molecule has 3 nitrogen and oxygen atoms in total. The van der Waals surface area contributed by atoms with E-state index in [9.17, 15) is 0 Å². The second kappa shape index (κ2) is 5.64. The van der Waals surface area contributed by atoms with E-state index in [1.165, 1.54) is 43.7 Å².